The van der Waals surface area contributed by atoms with Crippen LogP contribution in [0, 0.1) is 5.92 Å². The number of amides is 1. The SMILES string of the molecule is CC(C)C(=O)NNC(=S)NCc1ccco1. The summed E-state index contributed by atoms with van der Waals surface area (Å²) in [5, 5.41) is 3.24. The summed E-state index contributed by atoms with van der Waals surface area (Å²) in [7, 11) is 0. The summed E-state index contributed by atoms with van der Waals surface area (Å²) in [6.45, 7) is 4.09. The lowest BCUT2D eigenvalue weighted by molar-refractivity contribution is -0.124. The Morgan fingerprint density at radius 1 is 1.50 bits per heavy atom. The Bertz CT molecular complexity index is 349. The van der Waals surface area contributed by atoms with Crippen LogP contribution in [0.4, 0.5) is 0 Å². The van der Waals surface area contributed by atoms with Gasteiger partial charge in [-0.1, -0.05) is 13.8 Å². The van der Waals surface area contributed by atoms with Crippen molar-refractivity contribution in [3.63, 3.8) is 0 Å². The predicted octanol–water partition coefficient (Wildman–Crippen LogP) is 0.931. The molecule has 0 bridgehead atoms. The number of thiocarbonyl (C=S) groups is 1. The number of hydrogen-bond acceptors (Lipinski definition) is 3. The van der Waals surface area contributed by atoms with E-state index >= 15 is 0 Å². The maximum absolute atomic E-state index is 11.2. The predicted molar refractivity (Wildman–Crippen MR) is 64.3 cm³/mol. The minimum Gasteiger partial charge on any atom is -0.467 e. The highest BCUT2D eigenvalue weighted by molar-refractivity contribution is 7.80. The van der Waals surface area contributed by atoms with Crippen LogP contribution in [-0.4, -0.2) is 11.0 Å². The minimum absolute atomic E-state index is 0.0830. The lowest BCUT2D eigenvalue weighted by Gasteiger charge is -2.11. The lowest BCUT2D eigenvalue weighted by atomic mass is 10.2. The van der Waals surface area contributed by atoms with E-state index in [9.17, 15) is 4.79 Å². The number of hydrogen-bond donors (Lipinski definition) is 3. The van der Waals surface area contributed by atoms with Crippen molar-refractivity contribution >= 4 is 23.2 Å². The number of carbonyl (C=O) groups excluding carboxylic acids is 1. The second kappa shape index (κ2) is 6.12. The molecule has 5 nitrogen and oxygen atoms in total. The van der Waals surface area contributed by atoms with Gasteiger partial charge in [-0.25, -0.2) is 0 Å². The molecule has 0 aliphatic rings. The van der Waals surface area contributed by atoms with Crippen molar-refractivity contribution in [2.75, 3.05) is 0 Å². The highest BCUT2D eigenvalue weighted by atomic mass is 32.1. The van der Waals surface area contributed by atoms with Gasteiger partial charge in [-0.05, 0) is 24.4 Å². The molecule has 1 heterocycles. The van der Waals surface area contributed by atoms with Gasteiger partial charge in [-0.15, -0.1) is 0 Å². The average Bonchev–Trinajstić information content (AvgIpc) is 2.75. The number of furan rings is 1. The van der Waals surface area contributed by atoms with Gasteiger partial charge in [0.15, 0.2) is 5.11 Å². The van der Waals surface area contributed by atoms with Crippen LogP contribution in [0.2, 0.25) is 0 Å². The topological polar surface area (TPSA) is 66.3 Å². The smallest absolute Gasteiger partial charge is 0.240 e. The average molecular weight is 241 g/mol. The Labute approximate surface area is 99.6 Å². The fourth-order valence-corrected chi connectivity index (χ4v) is 1.01. The first-order chi connectivity index (χ1) is 7.59. The molecule has 88 valence electrons. The molecule has 0 unspecified atom stereocenters. The summed E-state index contributed by atoms with van der Waals surface area (Å²) >= 11 is 4.95. The summed E-state index contributed by atoms with van der Waals surface area (Å²) in [4.78, 5) is 11.2. The minimum atomic E-state index is -0.109. The first kappa shape index (κ1) is 12.5. The fourth-order valence-electron chi connectivity index (χ4n) is 0.887. The van der Waals surface area contributed by atoms with Gasteiger partial charge in [0, 0.05) is 5.92 Å². The van der Waals surface area contributed by atoms with E-state index < -0.39 is 0 Å². The van der Waals surface area contributed by atoms with Crippen molar-refractivity contribution in [1.29, 1.82) is 0 Å². The Kier molecular flexibility index (Phi) is 4.78. The van der Waals surface area contributed by atoms with Gasteiger partial charge >= 0.3 is 0 Å². The third-order valence-corrected chi connectivity index (χ3v) is 2.07. The number of hydrazine groups is 1. The first-order valence-electron chi connectivity index (χ1n) is 4.95. The normalized spacial score (nSPS) is 9.94. The van der Waals surface area contributed by atoms with Crippen LogP contribution in [0.3, 0.4) is 0 Å². The standard InChI is InChI=1S/C10H15N3O2S/c1-7(2)9(14)12-13-10(16)11-6-8-4-3-5-15-8/h3-5,7H,6H2,1-2H3,(H,12,14)(H2,11,13,16). The van der Waals surface area contributed by atoms with Gasteiger partial charge in [0.2, 0.25) is 5.91 Å². The van der Waals surface area contributed by atoms with Crippen LogP contribution in [0.5, 0.6) is 0 Å². The van der Waals surface area contributed by atoms with Crippen LogP contribution in [-0.2, 0) is 11.3 Å². The number of nitrogens with one attached hydrogen (secondary N) is 3. The summed E-state index contributed by atoms with van der Waals surface area (Å²) in [5.41, 5.74) is 5.09. The number of carbonyl (C=O) groups is 1. The van der Waals surface area contributed by atoms with Gasteiger partial charge in [-0.3, -0.25) is 15.6 Å². The summed E-state index contributed by atoms with van der Waals surface area (Å²) in [6.07, 6.45) is 1.59. The molecular weight excluding hydrogens is 226 g/mol. The highest BCUT2D eigenvalue weighted by Crippen LogP contribution is 1.97. The molecule has 0 aliphatic heterocycles. The van der Waals surface area contributed by atoms with E-state index in [0.29, 0.717) is 11.7 Å². The second-order valence-corrected chi connectivity index (χ2v) is 3.94. The Morgan fingerprint density at radius 3 is 2.81 bits per heavy atom. The van der Waals surface area contributed by atoms with Gasteiger partial charge in [0.1, 0.15) is 5.76 Å². The Hall–Kier alpha value is -1.56. The third-order valence-electron chi connectivity index (χ3n) is 1.83. The molecule has 0 radical (unpaired) electrons. The Morgan fingerprint density at radius 2 is 2.25 bits per heavy atom. The molecule has 6 heteroatoms. The van der Waals surface area contributed by atoms with Crippen LogP contribution >= 0.6 is 12.2 Å². The van der Waals surface area contributed by atoms with Crippen molar-refractivity contribution in [2.24, 2.45) is 5.92 Å². The molecule has 16 heavy (non-hydrogen) atoms. The van der Waals surface area contributed by atoms with E-state index in [0.717, 1.165) is 5.76 Å². The molecule has 0 aliphatic carbocycles. The van der Waals surface area contributed by atoms with E-state index in [4.69, 9.17) is 16.6 Å². The monoisotopic (exact) mass is 241 g/mol. The van der Waals surface area contributed by atoms with E-state index in [1.807, 2.05) is 6.07 Å². The zero-order valence-corrected chi connectivity index (χ0v) is 10.1. The molecule has 0 aromatic carbocycles. The quantitative estimate of drug-likeness (QED) is 0.542. The summed E-state index contributed by atoms with van der Waals surface area (Å²) in [6, 6.07) is 3.64. The summed E-state index contributed by atoms with van der Waals surface area (Å²) in [5.74, 6) is 0.585. The molecular formula is C10H15N3O2S. The van der Waals surface area contributed by atoms with E-state index in [-0.39, 0.29) is 11.8 Å². The molecule has 1 rings (SSSR count). The zero-order chi connectivity index (χ0) is 12.0. The maximum atomic E-state index is 11.2. The maximum Gasteiger partial charge on any atom is 0.240 e. The molecule has 1 aromatic heterocycles. The molecule has 0 saturated heterocycles. The van der Waals surface area contributed by atoms with Gasteiger partial charge in [-0.2, -0.15) is 0 Å². The van der Waals surface area contributed by atoms with Crippen LogP contribution in [0.25, 0.3) is 0 Å². The number of rotatable bonds is 3. The van der Waals surface area contributed by atoms with Gasteiger partial charge in [0.05, 0.1) is 12.8 Å². The largest absolute Gasteiger partial charge is 0.467 e. The van der Waals surface area contributed by atoms with E-state index in [1.54, 1.807) is 26.2 Å². The van der Waals surface area contributed by atoms with Gasteiger partial charge < -0.3 is 9.73 Å². The molecule has 0 spiro atoms. The molecule has 0 saturated carbocycles. The van der Waals surface area contributed by atoms with Crippen LogP contribution < -0.4 is 16.2 Å². The van der Waals surface area contributed by atoms with E-state index in [1.165, 1.54) is 0 Å². The fraction of sp³-hybridized carbons (Fsp3) is 0.400. The molecule has 1 aromatic rings. The van der Waals surface area contributed by atoms with Crippen LogP contribution in [0.15, 0.2) is 22.8 Å². The molecule has 0 atom stereocenters. The Balaban J connectivity index is 2.19. The molecule has 1 amide bonds. The van der Waals surface area contributed by atoms with Crippen molar-refractivity contribution in [3.05, 3.63) is 24.2 Å². The van der Waals surface area contributed by atoms with Crippen molar-refractivity contribution in [1.82, 2.24) is 16.2 Å². The van der Waals surface area contributed by atoms with Crippen molar-refractivity contribution < 1.29 is 9.21 Å². The third kappa shape index (κ3) is 4.31. The first-order valence-corrected chi connectivity index (χ1v) is 5.36. The van der Waals surface area contributed by atoms with E-state index in [2.05, 4.69) is 16.2 Å². The van der Waals surface area contributed by atoms with Crippen LogP contribution in [0.1, 0.15) is 19.6 Å². The van der Waals surface area contributed by atoms with Crippen molar-refractivity contribution in [3.8, 4) is 0 Å². The summed E-state index contributed by atoms with van der Waals surface area (Å²) < 4.78 is 5.11. The van der Waals surface area contributed by atoms with Crippen molar-refractivity contribution in [2.45, 2.75) is 20.4 Å². The molecule has 3 N–H and O–H groups in total. The molecule has 0 fully saturated rings. The zero-order valence-electron chi connectivity index (χ0n) is 9.24. The second-order valence-electron chi connectivity index (χ2n) is 3.53. The lowest BCUT2D eigenvalue weighted by Crippen LogP contribution is -2.47. The highest BCUT2D eigenvalue weighted by Gasteiger charge is 2.06. The van der Waals surface area contributed by atoms with Gasteiger partial charge in [0.25, 0.3) is 0 Å².